The highest BCUT2D eigenvalue weighted by molar-refractivity contribution is 6.08. The molecule has 11 heteroatoms. The van der Waals surface area contributed by atoms with Gasteiger partial charge in [-0.2, -0.15) is 0 Å². The Morgan fingerprint density at radius 3 is 2.65 bits per heavy atom. The molecule has 6 amide bonds. The quantitative estimate of drug-likeness (QED) is 0.400. The maximum absolute atomic E-state index is 13.3. The molecule has 2 atom stereocenters. The van der Waals surface area contributed by atoms with Crippen LogP contribution in [0.4, 0.5) is 9.59 Å². The average molecular weight is 501 g/mol. The first-order chi connectivity index (χ1) is 17.8. The smallest absolute Gasteiger partial charge is 0.322 e. The summed E-state index contributed by atoms with van der Waals surface area (Å²) < 4.78 is 11.4. The van der Waals surface area contributed by atoms with E-state index in [0.29, 0.717) is 23.4 Å². The van der Waals surface area contributed by atoms with E-state index >= 15 is 0 Å². The normalized spacial score (nSPS) is 25.8. The van der Waals surface area contributed by atoms with Crippen LogP contribution in [0.5, 0.6) is 5.75 Å². The Bertz CT molecular complexity index is 1560. The molecular weight excluding hydrogens is 478 g/mol. The van der Waals surface area contributed by atoms with E-state index in [1.165, 1.54) is 12.0 Å². The first kappa shape index (κ1) is 21.7. The minimum atomic E-state index is -1.59. The third kappa shape index (κ3) is 2.93. The third-order valence-corrected chi connectivity index (χ3v) is 8.02. The predicted octanol–water partition coefficient (Wildman–Crippen LogP) is 1.59. The fraction of sp³-hybridized carbons (Fsp3) is 0.308. The van der Waals surface area contributed by atoms with Crippen LogP contribution in [-0.2, 0) is 28.8 Å². The van der Waals surface area contributed by atoms with Crippen molar-refractivity contribution in [3.05, 3.63) is 64.4 Å². The molecule has 2 aromatic carbocycles. The van der Waals surface area contributed by atoms with Crippen molar-refractivity contribution < 1.29 is 28.3 Å². The number of nitrogens with zero attached hydrogens (tertiary/aromatic N) is 1. The third-order valence-electron chi connectivity index (χ3n) is 8.02. The second-order valence-electron chi connectivity index (χ2n) is 10.0. The van der Waals surface area contributed by atoms with Crippen molar-refractivity contribution in [2.45, 2.75) is 30.5 Å². The van der Waals surface area contributed by atoms with Gasteiger partial charge < -0.3 is 30.0 Å². The Balaban J connectivity index is 1.29. The van der Waals surface area contributed by atoms with Crippen molar-refractivity contribution in [3.63, 3.8) is 0 Å². The summed E-state index contributed by atoms with van der Waals surface area (Å²) in [6.45, 7) is 0.681. The fourth-order valence-electron chi connectivity index (χ4n) is 6.16. The molecule has 2 saturated heterocycles. The Labute approximate surface area is 210 Å². The van der Waals surface area contributed by atoms with Crippen LogP contribution in [0.15, 0.2) is 40.8 Å². The van der Waals surface area contributed by atoms with Crippen molar-refractivity contribution in [1.29, 1.82) is 0 Å². The van der Waals surface area contributed by atoms with Gasteiger partial charge in [-0.25, -0.2) is 9.59 Å². The van der Waals surface area contributed by atoms with Gasteiger partial charge in [-0.15, -0.1) is 0 Å². The number of rotatable bonds is 4. The Hall–Kier alpha value is -4.54. The van der Waals surface area contributed by atoms with Crippen molar-refractivity contribution in [2.75, 3.05) is 20.2 Å². The van der Waals surface area contributed by atoms with Gasteiger partial charge in [-0.05, 0) is 53.8 Å². The van der Waals surface area contributed by atoms with Gasteiger partial charge in [-0.1, -0.05) is 12.1 Å². The van der Waals surface area contributed by atoms with Crippen molar-refractivity contribution in [1.82, 2.24) is 26.2 Å². The molecule has 0 saturated carbocycles. The summed E-state index contributed by atoms with van der Waals surface area (Å²) >= 11 is 0. The molecule has 3 aromatic rings. The van der Waals surface area contributed by atoms with E-state index in [2.05, 4.69) is 21.3 Å². The van der Waals surface area contributed by atoms with Gasteiger partial charge in [0.1, 0.15) is 17.1 Å². The molecule has 2 fully saturated rings. The van der Waals surface area contributed by atoms with E-state index in [-0.39, 0.29) is 30.8 Å². The summed E-state index contributed by atoms with van der Waals surface area (Å²) in [5, 5.41) is 11.8. The van der Waals surface area contributed by atoms with Gasteiger partial charge in [0.05, 0.1) is 19.2 Å². The van der Waals surface area contributed by atoms with E-state index < -0.39 is 23.0 Å². The number of ether oxygens (including phenoxy) is 1. The lowest BCUT2D eigenvalue weighted by Gasteiger charge is -2.29. The highest BCUT2D eigenvalue weighted by Crippen LogP contribution is 2.44. The maximum atomic E-state index is 13.3. The van der Waals surface area contributed by atoms with Crippen LogP contribution >= 0.6 is 0 Å². The standard InChI is InChI=1S/C26H23N5O6/c1-36-14-3-2-13-10-31(21(32)16(13)8-14)12-26(22(33)28-24(35)30-26)20-9-17-15-6-7-25(11-27-23(34)29-25)18(15)4-5-19(17)37-20/h2-5,8-9H,6-7,10-12H2,1H3,(H2,27,29,34)(H2,28,30,33,35)/t25?,26-/m0/s1. The first-order valence-corrected chi connectivity index (χ1v) is 12.0. The van der Waals surface area contributed by atoms with Gasteiger partial charge in [0, 0.05) is 24.0 Å². The second-order valence-corrected chi connectivity index (χ2v) is 10.0. The number of urea groups is 2. The number of hydrogen-bond acceptors (Lipinski definition) is 6. The molecule has 4 N–H and O–H groups in total. The van der Waals surface area contributed by atoms with E-state index in [1.807, 2.05) is 18.2 Å². The summed E-state index contributed by atoms with van der Waals surface area (Å²) in [5.74, 6) is -0.0350. The molecule has 7 rings (SSSR count). The van der Waals surface area contributed by atoms with Gasteiger partial charge in [0.25, 0.3) is 11.8 Å². The lowest BCUT2D eigenvalue weighted by Crippen LogP contribution is -2.52. The number of imide groups is 1. The number of furan rings is 1. The molecule has 11 nitrogen and oxygen atoms in total. The van der Waals surface area contributed by atoms with Crippen LogP contribution in [0.3, 0.4) is 0 Å². The van der Waals surface area contributed by atoms with Gasteiger partial charge in [0.15, 0.2) is 5.54 Å². The Morgan fingerprint density at radius 2 is 1.92 bits per heavy atom. The Kier molecular flexibility index (Phi) is 4.25. The summed E-state index contributed by atoms with van der Waals surface area (Å²) in [6.07, 6.45) is 1.47. The van der Waals surface area contributed by atoms with Crippen LogP contribution < -0.4 is 26.0 Å². The summed E-state index contributed by atoms with van der Waals surface area (Å²) in [5.41, 5.74) is 1.86. The number of hydrogen-bond donors (Lipinski definition) is 4. The van der Waals surface area contributed by atoms with E-state index in [4.69, 9.17) is 9.15 Å². The largest absolute Gasteiger partial charge is 0.497 e. The molecule has 4 aliphatic rings. The van der Waals surface area contributed by atoms with Crippen molar-refractivity contribution in [3.8, 4) is 5.75 Å². The summed E-state index contributed by atoms with van der Waals surface area (Å²) in [6, 6.07) is 9.97. The number of methoxy groups -OCH3 is 1. The van der Waals surface area contributed by atoms with Crippen LogP contribution in [0.1, 0.15) is 39.2 Å². The monoisotopic (exact) mass is 501 g/mol. The van der Waals surface area contributed by atoms with Crippen molar-refractivity contribution in [2.24, 2.45) is 0 Å². The van der Waals surface area contributed by atoms with E-state index in [1.54, 1.807) is 18.2 Å². The van der Waals surface area contributed by atoms with Crippen LogP contribution in [0.2, 0.25) is 0 Å². The second kappa shape index (κ2) is 7.25. The molecule has 4 heterocycles. The number of benzene rings is 2. The highest BCUT2D eigenvalue weighted by Gasteiger charge is 2.53. The van der Waals surface area contributed by atoms with Crippen molar-refractivity contribution >= 4 is 34.8 Å². The summed E-state index contributed by atoms with van der Waals surface area (Å²) in [7, 11) is 1.53. The minimum absolute atomic E-state index is 0.105. The maximum Gasteiger partial charge on any atom is 0.322 e. The molecule has 3 aliphatic heterocycles. The zero-order valence-electron chi connectivity index (χ0n) is 19.9. The molecule has 188 valence electrons. The predicted molar refractivity (Wildman–Crippen MR) is 129 cm³/mol. The van der Waals surface area contributed by atoms with Crippen LogP contribution in [-0.4, -0.2) is 49.0 Å². The lowest BCUT2D eigenvalue weighted by atomic mass is 9.91. The minimum Gasteiger partial charge on any atom is -0.497 e. The first-order valence-electron chi connectivity index (χ1n) is 12.0. The van der Waals surface area contributed by atoms with Crippen LogP contribution in [0.25, 0.3) is 11.0 Å². The van der Waals surface area contributed by atoms with E-state index in [9.17, 15) is 19.2 Å². The number of nitrogens with one attached hydrogen (secondary N) is 4. The molecule has 37 heavy (non-hydrogen) atoms. The zero-order valence-corrected chi connectivity index (χ0v) is 19.9. The van der Waals surface area contributed by atoms with Gasteiger partial charge in [0.2, 0.25) is 0 Å². The molecule has 1 spiro atoms. The molecule has 0 radical (unpaired) electrons. The number of aryl methyl sites for hydroxylation is 1. The molecule has 1 aliphatic carbocycles. The lowest BCUT2D eigenvalue weighted by molar-refractivity contribution is -0.125. The molecule has 1 aromatic heterocycles. The number of fused-ring (bicyclic) bond motifs is 5. The number of amides is 6. The molecule has 0 bridgehead atoms. The average Bonchev–Trinajstić information content (AvgIpc) is 3.68. The van der Waals surface area contributed by atoms with E-state index in [0.717, 1.165) is 34.9 Å². The zero-order chi connectivity index (χ0) is 25.5. The number of carbonyl (C=O) groups excluding carboxylic acids is 4. The van der Waals surface area contributed by atoms with Gasteiger partial charge >= 0.3 is 12.1 Å². The van der Waals surface area contributed by atoms with Gasteiger partial charge in [-0.3, -0.25) is 14.9 Å². The Morgan fingerprint density at radius 1 is 1.05 bits per heavy atom. The summed E-state index contributed by atoms with van der Waals surface area (Å²) in [4.78, 5) is 52.3. The SMILES string of the molecule is COc1ccc2c(c1)C(=O)N(C[C@@]1(c3cc4c5c(ccc4o3)C3(CC5)CNC(=O)N3)NC(=O)NC1=O)C2. The van der Waals surface area contributed by atoms with Crippen LogP contribution in [0, 0.1) is 0 Å². The highest BCUT2D eigenvalue weighted by atomic mass is 16.5. The molecular formula is C26H23N5O6. The fourth-order valence-corrected chi connectivity index (χ4v) is 6.16. The number of carbonyl (C=O) groups is 4. The molecule has 1 unspecified atom stereocenters. The topological polar surface area (TPSA) is 142 Å².